The first-order valence-electron chi connectivity index (χ1n) is 13.4. The summed E-state index contributed by atoms with van der Waals surface area (Å²) >= 11 is 0. The van der Waals surface area contributed by atoms with E-state index in [-0.39, 0.29) is 75.0 Å². The van der Waals surface area contributed by atoms with E-state index in [0.717, 1.165) is 16.7 Å². The molecule has 1 saturated heterocycles. The summed E-state index contributed by atoms with van der Waals surface area (Å²) in [7, 11) is 0. The fraction of sp³-hybridized carbons (Fsp3) is 0.414. The molecular weight excluding hydrogens is 541 g/mol. The Labute approximate surface area is 234 Å². The minimum Gasteiger partial charge on any atom is -0.505 e. The minimum atomic E-state index is -2.83. The third kappa shape index (κ3) is 6.17. The molecule has 2 atom stereocenters. The van der Waals surface area contributed by atoms with Crippen LogP contribution in [0.25, 0.3) is 0 Å². The molecular formula is C29H31F3N4O5. The molecule has 0 spiro atoms. The number of rotatable bonds is 6. The highest BCUT2D eigenvalue weighted by atomic mass is 19.3. The molecule has 5 rings (SSSR count). The Morgan fingerprint density at radius 1 is 1.12 bits per heavy atom. The maximum Gasteiger partial charge on any atom is 0.280 e. The Morgan fingerprint density at radius 2 is 1.83 bits per heavy atom. The summed E-state index contributed by atoms with van der Waals surface area (Å²) in [6.07, 6.45) is 0.848. The second kappa shape index (κ2) is 11.1. The van der Waals surface area contributed by atoms with Crippen molar-refractivity contribution < 1.29 is 32.9 Å². The highest BCUT2D eigenvalue weighted by Gasteiger charge is 2.46. The number of anilines is 1. The van der Waals surface area contributed by atoms with Crippen molar-refractivity contribution in [2.24, 2.45) is 5.92 Å². The monoisotopic (exact) mass is 572 g/mol. The van der Waals surface area contributed by atoms with Crippen molar-refractivity contribution in [3.8, 4) is 17.4 Å². The molecule has 2 aromatic carbocycles. The second-order valence-corrected chi connectivity index (χ2v) is 10.9. The van der Waals surface area contributed by atoms with E-state index < -0.39 is 40.5 Å². The van der Waals surface area contributed by atoms with Gasteiger partial charge in [-0.05, 0) is 37.0 Å². The zero-order valence-corrected chi connectivity index (χ0v) is 22.2. The number of hydrogen-bond donors (Lipinski definition) is 3. The number of phenolic OH excluding ortho intramolecular Hbond substituents is 1. The van der Waals surface area contributed by atoms with Crippen LogP contribution < -0.4 is 16.0 Å². The zero-order valence-electron chi connectivity index (χ0n) is 22.2. The van der Waals surface area contributed by atoms with Gasteiger partial charge in [0.25, 0.3) is 5.56 Å². The van der Waals surface area contributed by atoms with Crippen molar-refractivity contribution in [3.05, 3.63) is 76.6 Å². The molecule has 3 aromatic rings. The number of aromatic nitrogens is 2. The molecule has 1 aliphatic heterocycles. The first-order chi connectivity index (χ1) is 19.4. The summed E-state index contributed by atoms with van der Waals surface area (Å²) in [6.45, 7) is 0.276. The van der Waals surface area contributed by atoms with Crippen molar-refractivity contribution >= 4 is 11.6 Å². The van der Waals surface area contributed by atoms with Crippen LogP contribution in [0.1, 0.15) is 43.6 Å². The average molecular weight is 573 g/mol. The smallest absolute Gasteiger partial charge is 0.280 e. The Bertz CT molecular complexity index is 1480. The SMILES string of the molecule is Nc1c(Oc2ccc(F)c(O)c2)ncn(CC2(O)CCN(C(=O)[C@@H]3CCC(F)(F)C[C@H]3c3ccccc3)CC2)c1=O. The fourth-order valence-corrected chi connectivity index (χ4v) is 5.68. The number of amides is 1. The Morgan fingerprint density at radius 3 is 2.51 bits per heavy atom. The Kier molecular flexibility index (Phi) is 7.69. The van der Waals surface area contributed by atoms with Crippen LogP contribution in [0.5, 0.6) is 17.4 Å². The number of hydrogen-bond acceptors (Lipinski definition) is 7. The number of carbonyl (C=O) groups excluding carboxylic acids is 1. The highest BCUT2D eigenvalue weighted by molar-refractivity contribution is 5.80. The van der Waals surface area contributed by atoms with Crippen molar-refractivity contribution in [2.45, 2.75) is 56.1 Å². The molecule has 218 valence electrons. The van der Waals surface area contributed by atoms with Gasteiger partial charge < -0.3 is 25.6 Å². The molecule has 9 nitrogen and oxygen atoms in total. The van der Waals surface area contributed by atoms with Gasteiger partial charge in [-0.15, -0.1) is 0 Å². The Hall–Kier alpha value is -4.06. The lowest BCUT2D eigenvalue weighted by Gasteiger charge is -2.42. The summed E-state index contributed by atoms with van der Waals surface area (Å²) in [5.74, 6) is -5.91. The number of ether oxygens (including phenoxy) is 1. The number of piperidine rings is 1. The fourth-order valence-electron chi connectivity index (χ4n) is 5.68. The summed E-state index contributed by atoms with van der Waals surface area (Å²) < 4.78 is 48.5. The summed E-state index contributed by atoms with van der Waals surface area (Å²) in [4.78, 5) is 32.1. The molecule has 1 amide bonds. The lowest BCUT2D eigenvalue weighted by Crippen LogP contribution is -2.52. The summed E-state index contributed by atoms with van der Waals surface area (Å²) in [6, 6.07) is 12.2. The lowest BCUT2D eigenvalue weighted by atomic mass is 9.73. The minimum absolute atomic E-state index is 0.0205. The average Bonchev–Trinajstić information content (AvgIpc) is 2.95. The number of alkyl halides is 2. The number of aromatic hydroxyl groups is 1. The molecule has 2 heterocycles. The van der Waals surface area contributed by atoms with Crippen LogP contribution in [0.3, 0.4) is 0 Å². The van der Waals surface area contributed by atoms with E-state index in [1.165, 1.54) is 12.4 Å². The number of carbonyl (C=O) groups is 1. The van der Waals surface area contributed by atoms with Crippen molar-refractivity contribution in [1.29, 1.82) is 0 Å². The van der Waals surface area contributed by atoms with Gasteiger partial charge in [-0.3, -0.25) is 14.2 Å². The molecule has 12 heteroatoms. The van der Waals surface area contributed by atoms with Crippen LogP contribution in [0, 0.1) is 11.7 Å². The quantitative estimate of drug-likeness (QED) is 0.407. The van der Waals surface area contributed by atoms with Gasteiger partial charge in [0, 0.05) is 43.8 Å². The predicted molar refractivity (Wildman–Crippen MR) is 143 cm³/mol. The second-order valence-electron chi connectivity index (χ2n) is 10.9. The van der Waals surface area contributed by atoms with E-state index in [0.29, 0.717) is 5.56 Å². The van der Waals surface area contributed by atoms with E-state index in [9.17, 15) is 33.0 Å². The van der Waals surface area contributed by atoms with Gasteiger partial charge in [-0.1, -0.05) is 30.3 Å². The van der Waals surface area contributed by atoms with Crippen molar-refractivity contribution in [3.63, 3.8) is 0 Å². The molecule has 2 fully saturated rings. The van der Waals surface area contributed by atoms with Crippen LogP contribution in [0.15, 0.2) is 59.7 Å². The van der Waals surface area contributed by atoms with Crippen LogP contribution in [-0.2, 0) is 11.3 Å². The molecule has 2 aliphatic rings. The summed E-state index contributed by atoms with van der Waals surface area (Å²) in [5.41, 5.74) is 4.30. The number of nitrogens with zero attached hydrogens (tertiary/aromatic N) is 3. The molecule has 0 radical (unpaired) electrons. The van der Waals surface area contributed by atoms with Gasteiger partial charge in [0.1, 0.15) is 12.1 Å². The van der Waals surface area contributed by atoms with E-state index >= 15 is 0 Å². The topological polar surface area (TPSA) is 131 Å². The molecule has 1 aromatic heterocycles. The highest BCUT2D eigenvalue weighted by Crippen LogP contribution is 2.46. The Balaban J connectivity index is 1.24. The normalized spacial score (nSPS) is 21.8. The summed E-state index contributed by atoms with van der Waals surface area (Å²) in [5, 5.41) is 20.8. The number of likely N-dealkylation sites (tertiary alicyclic amines) is 1. The van der Waals surface area contributed by atoms with Crippen molar-refractivity contribution in [2.75, 3.05) is 18.8 Å². The third-order valence-electron chi connectivity index (χ3n) is 8.01. The van der Waals surface area contributed by atoms with Crippen LogP contribution in [0.2, 0.25) is 0 Å². The van der Waals surface area contributed by atoms with Crippen LogP contribution in [-0.4, -0.2) is 55.2 Å². The third-order valence-corrected chi connectivity index (χ3v) is 8.01. The maximum atomic E-state index is 14.3. The largest absolute Gasteiger partial charge is 0.505 e. The van der Waals surface area contributed by atoms with Crippen LogP contribution >= 0.6 is 0 Å². The van der Waals surface area contributed by atoms with Crippen molar-refractivity contribution in [1.82, 2.24) is 14.5 Å². The first kappa shape index (κ1) is 28.5. The maximum absolute atomic E-state index is 14.3. The molecule has 1 aliphatic carbocycles. The van der Waals surface area contributed by atoms with E-state index in [1.54, 1.807) is 35.2 Å². The number of phenols is 1. The van der Waals surface area contributed by atoms with Gasteiger partial charge in [-0.25, -0.2) is 18.2 Å². The molecule has 0 unspecified atom stereocenters. The first-order valence-corrected chi connectivity index (χ1v) is 13.4. The van der Waals surface area contributed by atoms with Crippen LogP contribution in [0.4, 0.5) is 18.9 Å². The van der Waals surface area contributed by atoms with E-state index in [4.69, 9.17) is 10.5 Å². The molecule has 0 bridgehead atoms. The van der Waals surface area contributed by atoms with E-state index in [1.807, 2.05) is 0 Å². The molecule has 4 N–H and O–H groups in total. The molecule has 41 heavy (non-hydrogen) atoms. The van der Waals surface area contributed by atoms with Gasteiger partial charge in [0.2, 0.25) is 17.7 Å². The van der Waals surface area contributed by atoms with Gasteiger partial charge >= 0.3 is 0 Å². The number of halogens is 3. The van der Waals surface area contributed by atoms with Gasteiger partial charge in [-0.2, -0.15) is 0 Å². The number of nitrogen functional groups attached to an aromatic ring is 1. The number of aliphatic hydroxyl groups is 1. The van der Waals surface area contributed by atoms with Gasteiger partial charge in [0.05, 0.1) is 12.1 Å². The predicted octanol–water partition coefficient (Wildman–Crippen LogP) is 4.04. The standard InChI is InChI=1S/C29H31F3N4O5/c30-22-7-6-19(14-23(22)37)41-25-24(33)27(39)36(17-34-25)16-28(40)10-12-35(13-11-28)26(38)20-8-9-29(31,32)15-21(20)18-4-2-1-3-5-18/h1-7,14,17,20-21,37,40H,8-13,15-16,33H2/t20-,21+/m1/s1. The lowest BCUT2D eigenvalue weighted by molar-refractivity contribution is -0.145. The van der Waals surface area contributed by atoms with Gasteiger partial charge in [0.15, 0.2) is 17.3 Å². The molecule has 1 saturated carbocycles. The zero-order chi connectivity index (χ0) is 29.4. The number of benzene rings is 2. The van der Waals surface area contributed by atoms with E-state index in [2.05, 4.69) is 4.98 Å². The number of nitrogens with two attached hydrogens (primary N) is 1.